The van der Waals surface area contributed by atoms with Crippen LogP contribution in [0.5, 0.6) is 5.75 Å². The van der Waals surface area contributed by atoms with Crippen LogP contribution in [0.2, 0.25) is 0 Å². The van der Waals surface area contributed by atoms with E-state index in [-0.39, 0.29) is 18.5 Å². The molecule has 35 heavy (non-hydrogen) atoms. The van der Waals surface area contributed by atoms with Crippen molar-refractivity contribution in [3.8, 4) is 5.75 Å². The lowest BCUT2D eigenvalue weighted by Gasteiger charge is -2.62. The number of hydrogen-bond acceptors (Lipinski definition) is 6. The van der Waals surface area contributed by atoms with E-state index in [1.807, 2.05) is 18.2 Å². The molecule has 1 saturated heterocycles. The van der Waals surface area contributed by atoms with E-state index >= 15 is 0 Å². The highest BCUT2D eigenvalue weighted by Gasteiger charge is 2.57. The van der Waals surface area contributed by atoms with Gasteiger partial charge in [0, 0.05) is 22.4 Å². The van der Waals surface area contributed by atoms with Gasteiger partial charge in [0.1, 0.15) is 11.8 Å². The molecule has 10 heteroatoms. The molecular formula is C25H36IN5O4. The Balaban J connectivity index is 1.60. The molecule has 2 N–H and O–H groups in total. The highest BCUT2D eigenvalue weighted by atomic mass is 127. The Morgan fingerprint density at radius 2 is 2.20 bits per heavy atom. The first kappa shape index (κ1) is 26.5. The van der Waals surface area contributed by atoms with E-state index in [1.165, 1.54) is 6.42 Å². The maximum absolute atomic E-state index is 13.8. The maximum Gasteiger partial charge on any atom is 0.240 e. The lowest BCUT2D eigenvalue weighted by molar-refractivity contribution is -0.175. The number of amides is 1. The number of ether oxygens (including phenoxy) is 1. The number of rotatable bonds is 8. The quantitative estimate of drug-likeness (QED) is 0.201. The molecule has 3 aliphatic carbocycles. The highest BCUT2D eigenvalue weighted by Crippen LogP contribution is 2.61. The van der Waals surface area contributed by atoms with Gasteiger partial charge in [0.15, 0.2) is 0 Å². The fraction of sp³-hybridized carbons (Fsp3) is 0.720. The molecule has 9 nitrogen and oxygen atoms in total. The van der Waals surface area contributed by atoms with E-state index in [4.69, 9.17) is 15.1 Å². The van der Waals surface area contributed by atoms with Crippen LogP contribution in [0.1, 0.15) is 46.1 Å². The smallest absolute Gasteiger partial charge is 0.240 e. The Kier molecular flexibility index (Phi) is 7.88. The fourth-order valence-electron chi connectivity index (χ4n) is 6.68. The van der Waals surface area contributed by atoms with Crippen molar-refractivity contribution in [1.29, 1.82) is 0 Å². The second-order valence-corrected chi connectivity index (χ2v) is 12.1. The van der Waals surface area contributed by atoms with Gasteiger partial charge < -0.3 is 15.2 Å². The van der Waals surface area contributed by atoms with Gasteiger partial charge in [-0.05, 0) is 77.1 Å². The second kappa shape index (κ2) is 10.4. The van der Waals surface area contributed by atoms with Crippen LogP contribution in [0.15, 0.2) is 23.3 Å². The largest absolute Gasteiger partial charge is 0.495 e. The van der Waals surface area contributed by atoms with Gasteiger partial charge >= 0.3 is 0 Å². The van der Waals surface area contributed by atoms with E-state index in [0.29, 0.717) is 29.7 Å². The van der Waals surface area contributed by atoms with Crippen LogP contribution in [-0.4, -0.2) is 54.0 Å². The zero-order valence-electron chi connectivity index (χ0n) is 21.0. The van der Waals surface area contributed by atoms with Crippen LogP contribution in [0.4, 0.5) is 0 Å². The van der Waals surface area contributed by atoms with Crippen LogP contribution >= 0.6 is 22.6 Å². The summed E-state index contributed by atoms with van der Waals surface area (Å²) >= 11 is 2.22. The number of azide groups is 1. The van der Waals surface area contributed by atoms with Gasteiger partial charge in [0.2, 0.25) is 5.91 Å². The molecule has 8 atom stereocenters. The normalized spacial score (nSPS) is 34.4. The molecule has 1 aromatic rings. The van der Waals surface area contributed by atoms with Crippen molar-refractivity contribution in [2.24, 2.45) is 34.2 Å². The summed E-state index contributed by atoms with van der Waals surface area (Å²) in [6.07, 6.45) is 0.766. The van der Waals surface area contributed by atoms with Crippen molar-refractivity contribution >= 4 is 28.5 Å². The van der Waals surface area contributed by atoms with Crippen molar-refractivity contribution in [3.63, 3.8) is 0 Å². The maximum atomic E-state index is 13.8. The van der Waals surface area contributed by atoms with Gasteiger partial charge in [-0.1, -0.05) is 38.0 Å². The van der Waals surface area contributed by atoms with Crippen molar-refractivity contribution in [2.45, 2.75) is 71.4 Å². The number of carbonyl (C=O) groups is 1. The molecule has 5 rings (SSSR count). The average molecular weight is 597 g/mol. The number of benzene rings is 1. The van der Waals surface area contributed by atoms with Crippen molar-refractivity contribution in [1.82, 2.24) is 10.4 Å². The summed E-state index contributed by atoms with van der Waals surface area (Å²) in [4.78, 5) is 22.9. The number of carbonyl (C=O) groups excluding carboxylic acids is 1. The predicted octanol–water partition coefficient (Wildman–Crippen LogP) is 4.28. The first-order valence-electron chi connectivity index (χ1n) is 12.3. The molecular weight excluding hydrogens is 561 g/mol. The summed E-state index contributed by atoms with van der Waals surface area (Å²) in [6.45, 7) is 8.91. The van der Waals surface area contributed by atoms with Crippen LogP contribution in [0, 0.1) is 32.7 Å². The lowest BCUT2D eigenvalue weighted by atomic mass is 9.45. The topological polar surface area (TPSA) is 120 Å². The number of hydroxylamine groups is 2. The molecule has 0 radical (unpaired) electrons. The molecule has 2 bridgehead atoms. The molecule has 3 saturated carbocycles. The van der Waals surface area contributed by atoms with Crippen LogP contribution in [-0.2, 0) is 16.2 Å². The minimum atomic E-state index is -0.830. The van der Waals surface area contributed by atoms with Crippen LogP contribution < -0.4 is 10.1 Å². The minimum absolute atomic E-state index is 0.0357. The molecule has 0 unspecified atom stereocenters. The molecule has 0 spiro atoms. The number of para-hydroxylation sites is 1. The fourth-order valence-corrected chi connectivity index (χ4v) is 7.45. The van der Waals surface area contributed by atoms with Crippen LogP contribution in [0.25, 0.3) is 10.4 Å². The molecule has 192 valence electrons. The Morgan fingerprint density at radius 3 is 2.80 bits per heavy atom. The third-order valence-electron chi connectivity index (χ3n) is 8.79. The van der Waals surface area contributed by atoms with Gasteiger partial charge in [0.25, 0.3) is 0 Å². The monoisotopic (exact) mass is 597 g/mol. The van der Waals surface area contributed by atoms with E-state index in [2.05, 4.69) is 58.7 Å². The van der Waals surface area contributed by atoms with Gasteiger partial charge in [-0.3, -0.25) is 9.63 Å². The van der Waals surface area contributed by atoms with Crippen LogP contribution in [0.3, 0.4) is 0 Å². The van der Waals surface area contributed by atoms with E-state index in [0.717, 1.165) is 21.3 Å². The van der Waals surface area contributed by atoms with Gasteiger partial charge in [-0.25, -0.2) is 0 Å². The van der Waals surface area contributed by atoms with Gasteiger partial charge in [-0.2, -0.15) is 5.06 Å². The number of halogens is 1. The lowest BCUT2D eigenvalue weighted by Crippen LogP contribution is -2.62. The zero-order chi connectivity index (χ0) is 25.5. The van der Waals surface area contributed by atoms with E-state index in [9.17, 15) is 9.90 Å². The summed E-state index contributed by atoms with van der Waals surface area (Å²) in [5.74, 6) is 1.63. The number of nitrogens with zero attached hydrogens (tertiary/aromatic N) is 4. The standard InChI is InChI=1S/C25H36IN5O4/c1-13-17-9-16(25(17,3)4)10-19(13)29-24(33)22-21(14(2)32)20(11-28-30-27)35-31(22)12-15-7-6-8-18(26)23(15)34-5/h6-8,13-14,16-17,19-22,32H,9-12H2,1-5H3,(H,29,33)/t13-,14-,16+,17-,19-,20-,21+,22-/m0/s1. The number of aliphatic hydroxyl groups excluding tert-OH is 1. The zero-order valence-corrected chi connectivity index (χ0v) is 23.2. The molecule has 4 aliphatic rings. The van der Waals surface area contributed by atoms with E-state index in [1.54, 1.807) is 19.1 Å². The minimum Gasteiger partial charge on any atom is -0.495 e. The highest BCUT2D eigenvalue weighted by molar-refractivity contribution is 14.1. The van der Waals surface area contributed by atoms with E-state index < -0.39 is 24.2 Å². The number of hydrogen-bond donors (Lipinski definition) is 2. The third-order valence-corrected chi connectivity index (χ3v) is 9.64. The van der Waals surface area contributed by atoms with Gasteiger partial charge in [0.05, 0.1) is 36.0 Å². The molecule has 1 amide bonds. The summed E-state index contributed by atoms with van der Waals surface area (Å²) in [6, 6.07) is 5.20. The Labute approximate surface area is 220 Å². The number of methoxy groups -OCH3 is 1. The molecule has 1 heterocycles. The number of nitrogens with one attached hydrogen (secondary N) is 1. The average Bonchev–Trinajstić information content (AvgIpc) is 3.17. The Bertz CT molecular complexity index is 998. The van der Waals surface area contributed by atoms with Crippen molar-refractivity contribution in [2.75, 3.05) is 13.7 Å². The van der Waals surface area contributed by atoms with Gasteiger partial charge in [-0.15, -0.1) is 0 Å². The number of fused-ring (bicyclic) bond motifs is 2. The third kappa shape index (κ3) is 4.87. The first-order chi connectivity index (χ1) is 16.6. The summed E-state index contributed by atoms with van der Waals surface area (Å²) in [5, 5.41) is 19.3. The van der Waals surface area contributed by atoms with Crippen molar-refractivity contribution < 1.29 is 19.5 Å². The molecule has 0 aromatic heterocycles. The summed E-state index contributed by atoms with van der Waals surface area (Å²) in [7, 11) is 1.62. The molecule has 4 fully saturated rings. The Hall–Kier alpha value is -1.59. The second-order valence-electron chi connectivity index (χ2n) is 10.9. The summed E-state index contributed by atoms with van der Waals surface area (Å²) in [5.41, 5.74) is 10.1. The molecule has 1 aromatic carbocycles. The van der Waals surface area contributed by atoms with Crippen molar-refractivity contribution in [3.05, 3.63) is 37.8 Å². The summed E-state index contributed by atoms with van der Waals surface area (Å²) < 4.78 is 6.57. The Morgan fingerprint density at radius 1 is 1.46 bits per heavy atom. The molecule has 1 aliphatic heterocycles. The first-order valence-corrected chi connectivity index (χ1v) is 13.4. The number of aliphatic hydroxyl groups is 1. The SMILES string of the molecule is COc1c(I)cccc1CN1O[C@@H](CN=[N+]=[N-])[C@@H]([C@H](C)O)[C@H]1C(=O)N[C@H]1C[C@H]2C[C@@H]([C@@H]1C)C2(C)C. The predicted molar refractivity (Wildman–Crippen MR) is 140 cm³/mol.